The molecule has 0 aromatic heterocycles. The highest BCUT2D eigenvalue weighted by molar-refractivity contribution is 9.10. The van der Waals surface area contributed by atoms with Crippen LogP contribution in [-0.2, 0) is 17.9 Å². The smallest absolute Gasteiger partial charge is 0.258 e. The van der Waals surface area contributed by atoms with E-state index in [2.05, 4.69) is 39.4 Å². The molecule has 2 N–H and O–H groups in total. The van der Waals surface area contributed by atoms with E-state index >= 15 is 0 Å². The van der Waals surface area contributed by atoms with Crippen molar-refractivity contribution in [3.05, 3.63) is 64.1 Å². The maximum absolute atomic E-state index is 12.1. The fourth-order valence-electron chi connectivity index (χ4n) is 3.17. The van der Waals surface area contributed by atoms with Crippen LogP contribution >= 0.6 is 15.9 Å². The van der Waals surface area contributed by atoms with Crippen molar-refractivity contribution < 1.29 is 14.4 Å². The average molecular weight is 404 g/mol. The quantitative estimate of drug-likeness (QED) is 0.744. The van der Waals surface area contributed by atoms with Crippen LogP contribution in [0.3, 0.4) is 0 Å². The number of rotatable bonds is 7. The fraction of sp³-hybridized carbons (Fsp3) is 0.350. The Morgan fingerprint density at radius 3 is 2.60 bits per heavy atom. The summed E-state index contributed by atoms with van der Waals surface area (Å²) < 4.78 is 6.46. The van der Waals surface area contributed by atoms with Crippen LogP contribution in [0.4, 0.5) is 0 Å². The Balaban J connectivity index is 1.50. The van der Waals surface area contributed by atoms with Crippen LogP contribution in [0.1, 0.15) is 24.0 Å². The number of benzene rings is 2. The summed E-state index contributed by atoms with van der Waals surface area (Å²) in [7, 11) is 0. The molecule has 0 aliphatic carbocycles. The summed E-state index contributed by atoms with van der Waals surface area (Å²) in [6, 6.07) is 15.9. The topological polar surface area (TPSA) is 42.8 Å². The molecule has 1 aliphatic rings. The number of quaternary nitrogens is 1. The number of likely N-dealkylation sites (tertiary alicyclic amines) is 1. The largest absolute Gasteiger partial charge is 0.484 e. The lowest BCUT2D eigenvalue weighted by atomic mass is 10.1. The van der Waals surface area contributed by atoms with Gasteiger partial charge in [-0.25, -0.2) is 0 Å². The van der Waals surface area contributed by atoms with E-state index in [1.807, 2.05) is 30.3 Å². The van der Waals surface area contributed by atoms with Crippen molar-refractivity contribution in [3.8, 4) is 5.75 Å². The molecule has 5 heteroatoms. The van der Waals surface area contributed by atoms with Crippen molar-refractivity contribution in [2.24, 2.45) is 0 Å². The molecule has 1 amide bonds. The van der Waals surface area contributed by atoms with Crippen molar-refractivity contribution in [2.45, 2.75) is 25.9 Å². The van der Waals surface area contributed by atoms with Crippen molar-refractivity contribution in [1.29, 1.82) is 0 Å². The Bertz CT molecular complexity index is 714. The monoisotopic (exact) mass is 403 g/mol. The molecule has 0 unspecified atom stereocenters. The number of ether oxygens (including phenoxy) is 1. The SMILES string of the molecule is O=C(COc1cccc(Br)c1)NCc1ccccc1C[NH+]1CCCC1. The van der Waals surface area contributed by atoms with Gasteiger partial charge >= 0.3 is 0 Å². The maximum Gasteiger partial charge on any atom is 0.258 e. The zero-order chi connectivity index (χ0) is 17.5. The van der Waals surface area contributed by atoms with Gasteiger partial charge in [0.2, 0.25) is 0 Å². The number of hydrogen-bond donors (Lipinski definition) is 2. The molecule has 4 nitrogen and oxygen atoms in total. The van der Waals surface area contributed by atoms with Gasteiger partial charge in [0.15, 0.2) is 6.61 Å². The molecule has 3 rings (SSSR count). The third-order valence-corrected chi connectivity index (χ3v) is 5.00. The number of amides is 1. The first-order chi connectivity index (χ1) is 12.2. The predicted molar refractivity (Wildman–Crippen MR) is 102 cm³/mol. The minimum absolute atomic E-state index is 0.0238. The van der Waals surface area contributed by atoms with E-state index in [0.717, 1.165) is 11.0 Å². The highest BCUT2D eigenvalue weighted by atomic mass is 79.9. The van der Waals surface area contributed by atoms with Crippen molar-refractivity contribution in [2.75, 3.05) is 19.7 Å². The minimum atomic E-state index is -0.108. The normalized spacial score (nSPS) is 14.4. The van der Waals surface area contributed by atoms with Crippen LogP contribution in [-0.4, -0.2) is 25.6 Å². The molecule has 132 valence electrons. The van der Waals surface area contributed by atoms with Crippen molar-refractivity contribution in [3.63, 3.8) is 0 Å². The lowest BCUT2D eigenvalue weighted by molar-refractivity contribution is -0.901. The second-order valence-electron chi connectivity index (χ2n) is 6.43. The van der Waals surface area contributed by atoms with Crippen LogP contribution in [0.25, 0.3) is 0 Å². The first-order valence-electron chi connectivity index (χ1n) is 8.76. The Morgan fingerprint density at radius 1 is 1.08 bits per heavy atom. The van der Waals surface area contributed by atoms with E-state index in [-0.39, 0.29) is 12.5 Å². The average Bonchev–Trinajstić information content (AvgIpc) is 3.12. The summed E-state index contributed by atoms with van der Waals surface area (Å²) in [4.78, 5) is 13.7. The molecule has 1 saturated heterocycles. The summed E-state index contributed by atoms with van der Waals surface area (Å²) >= 11 is 3.39. The molecule has 0 spiro atoms. The zero-order valence-corrected chi connectivity index (χ0v) is 15.8. The van der Waals surface area contributed by atoms with Crippen LogP contribution in [0.2, 0.25) is 0 Å². The van der Waals surface area contributed by atoms with Crippen molar-refractivity contribution >= 4 is 21.8 Å². The van der Waals surface area contributed by atoms with E-state index in [9.17, 15) is 4.79 Å². The van der Waals surface area contributed by atoms with Crippen LogP contribution < -0.4 is 15.0 Å². The van der Waals surface area contributed by atoms with E-state index in [4.69, 9.17) is 4.74 Å². The number of hydrogen-bond acceptors (Lipinski definition) is 2. The van der Waals surface area contributed by atoms with E-state index in [1.165, 1.54) is 37.1 Å². The predicted octanol–water partition coefficient (Wildman–Crippen LogP) is 2.32. The van der Waals surface area contributed by atoms with Crippen LogP contribution in [0, 0.1) is 0 Å². The molecule has 1 heterocycles. The van der Waals surface area contributed by atoms with Gasteiger partial charge in [0.05, 0.1) is 13.1 Å². The molecule has 0 bridgehead atoms. The highest BCUT2D eigenvalue weighted by Crippen LogP contribution is 2.17. The van der Waals surface area contributed by atoms with Gasteiger partial charge in [0.1, 0.15) is 12.3 Å². The second kappa shape index (κ2) is 9.02. The number of carbonyl (C=O) groups is 1. The first kappa shape index (κ1) is 18.0. The Hall–Kier alpha value is -1.85. The Labute approximate surface area is 157 Å². The molecule has 0 saturated carbocycles. The van der Waals surface area contributed by atoms with Gasteiger partial charge < -0.3 is 15.0 Å². The molecule has 1 aliphatic heterocycles. The number of halogens is 1. The second-order valence-corrected chi connectivity index (χ2v) is 7.34. The van der Waals surface area contributed by atoms with Gasteiger partial charge in [-0.1, -0.05) is 46.3 Å². The lowest BCUT2D eigenvalue weighted by Crippen LogP contribution is -3.08. The van der Waals surface area contributed by atoms with Crippen LogP contribution in [0.5, 0.6) is 5.75 Å². The third kappa shape index (κ3) is 5.58. The minimum Gasteiger partial charge on any atom is -0.484 e. The molecule has 2 aromatic rings. The van der Waals surface area contributed by atoms with E-state index in [1.54, 1.807) is 4.90 Å². The Morgan fingerprint density at radius 2 is 1.84 bits per heavy atom. The number of carbonyl (C=O) groups excluding carboxylic acids is 1. The third-order valence-electron chi connectivity index (χ3n) is 4.51. The van der Waals surface area contributed by atoms with E-state index in [0.29, 0.717) is 12.3 Å². The maximum atomic E-state index is 12.1. The molecule has 0 radical (unpaired) electrons. The molecule has 0 atom stereocenters. The standard InChI is InChI=1S/C20H23BrN2O2/c21-18-8-5-9-19(12-18)25-15-20(24)22-13-16-6-1-2-7-17(16)14-23-10-3-4-11-23/h1-2,5-9,12H,3-4,10-11,13-15H2,(H,22,24)/p+1. The first-order valence-corrected chi connectivity index (χ1v) is 9.55. The fourth-order valence-corrected chi connectivity index (χ4v) is 3.55. The molecular formula is C20H24BrN2O2+. The summed E-state index contributed by atoms with van der Waals surface area (Å²) in [6.45, 7) is 4.11. The van der Waals surface area contributed by atoms with Gasteiger partial charge in [-0.05, 0) is 23.8 Å². The van der Waals surface area contributed by atoms with Crippen molar-refractivity contribution in [1.82, 2.24) is 5.32 Å². The molecule has 25 heavy (non-hydrogen) atoms. The summed E-state index contributed by atoms with van der Waals surface area (Å²) in [6.07, 6.45) is 2.64. The summed E-state index contributed by atoms with van der Waals surface area (Å²) in [5, 5.41) is 2.96. The van der Waals surface area contributed by atoms with Gasteiger partial charge in [-0.15, -0.1) is 0 Å². The summed E-state index contributed by atoms with van der Waals surface area (Å²) in [5.41, 5.74) is 2.52. The Kier molecular flexibility index (Phi) is 6.48. The zero-order valence-electron chi connectivity index (χ0n) is 14.3. The van der Waals surface area contributed by atoms with Gasteiger partial charge in [-0.2, -0.15) is 0 Å². The van der Waals surface area contributed by atoms with E-state index < -0.39 is 0 Å². The van der Waals surface area contributed by atoms with Gasteiger partial charge in [0.25, 0.3) is 5.91 Å². The van der Waals surface area contributed by atoms with Crippen LogP contribution in [0.15, 0.2) is 53.0 Å². The highest BCUT2D eigenvalue weighted by Gasteiger charge is 2.17. The summed E-state index contributed by atoms with van der Waals surface area (Å²) in [5.74, 6) is 0.575. The molecular weight excluding hydrogens is 380 g/mol. The molecule has 1 fully saturated rings. The number of nitrogens with one attached hydrogen (secondary N) is 2. The molecule has 2 aromatic carbocycles. The van der Waals surface area contributed by atoms with Gasteiger partial charge in [-0.3, -0.25) is 4.79 Å². The lowest BCUT2D eigenvalue weighted by Gasteiger charge is -2.15. The van der Waals surface area contributed by atoms with Gasteiger partial charge in [0, 0.05) is 29.4 Å².